The number of hydrogen-bond acceptors (Lipinski definition) is 2. The van der Waals surface area contributed by atoms with Gasteiger partial charge in [-0.15, -0.1) is 0 Å². The van der Waals surface area contributed by atoms with Crippen LogP contribution in [0.15, 0.2) is 54.6 Å². The highest BCUT2D eigenvalue weighted by molar-refractivity contribution is 6.08. The molecule has 0 saturated heterocycles. The molecule has 2 nitrogen and oxygen atoms in total. The van der Waals surface area contributed by atoms with Crippen molar-refractivity contribution in [2.24, 2.45) is 0 Å². The van der Waals surface area contributed by atoms with Gasteiger partial charge in [-0.2, -0.15) is 0 Å². The summed E-state index contributed by atoms with van der Waals surface area (Å²) in [6, 6.07) is 15.3. The molecular formula is C16H18O2. The van der Waals surface area contributed by atoms with Crippen LogP contribution in [0.5, 0.6) is 5.75 Å². The fraction of sp³-hybridized carbons (Fsp3) is 0.188. The van der Waals surface area contributed by atoms with Crippen molar-refractivity contribution in [2.75, 3.05) is 0 Å². The van der Waals surface area contributed by atoms with E-state index >= 15 is 0 Å². The summed E-state index contributed by atoms with van der Waals surface area (Å²) in [7, 11) is 0. The topological polar surface area (TPSA) is 37.3 Å². The van der Waals surface area contributed by atoms with Crippen LogP contribution in [0.3, 0.4) is 0 Å². The van der Waals surface area contributed by atoms with Gasteiger partial charge in [0.25, 0.3) is 0 Å². The highest BCUT2D eigenvalue weighted by atomic mass is 16.3. The van der Waals surface area contributed by atoms with Crippen molar-refractivity contribution in [3.8, 4) is 5.75 Å². The number of ketones is 1. The van der Waals surface area contributed by atoms with E-state index in [0.29, 0.717) is 11.1 Å². The Hall–Kier alpha value is -2.09. The van der Waals surface area contributed by atoms with Crippen molar-refractivity contribution in [1.29, 1.82) is 0 Å². The molecule has 0 amide bonds. The molecule has 0 unspecified atom stereocenters. The highest BCUT2D eigenvalue weighted by Crippen LogP contribution is 2.13. The van der Waals surface area contributed by atoms with E-state index in [1.54, 1.807) is 24.3 Å². The Morgan fingerprint density at radius 2 is 1.33 bits per heavy atom. The first-order valence-corrected chi connectivity index (χ1v) is 6.07. The zero-order valence-electron chi connectivity index (χ0n) is 10.8. The molecule has 0 spiro atoms. The molecule has 2 rings (SSSR count). The molecule has 0 bridgehead atoms. The molecule has 0 atom stereocenters. The van der Waals surface area contributed by atoms with Crippen LogP contribution in [-0.2, 0) is 0 Å². The van der Waals surface area contributed by atoms with E-state index in [0.717, 1.165) is 0 Å². The molecule has 1 N–H and O–H groups in total. The number of phenols is 1. The summed E-state index contributed by atoms with van der Waals surface area (Å²) in [5.41, 5.74) is 1.24. The molecule has 0 heterocycles. The largest absolute Gasteiger partial charge is 0.508 e. The van der Waals surface area contributed by atoms with Gasteiger partial charge >= 0.3 is 0 Å². The standard InChI is InChI=1S/C13H10O2.C3H8/c14-12-8-6-11(7-9-12)13(15)10-4-2-1-3-5-10;1-3-2/h1-9,14H;3H2,1-2H3. The first kappa shape index (κ1) is 14.0. The van der Waals surface area contributed by atoms with E-state index in [2.05, 4.69) is 13.8 Å². The van der Waals surface area contributed by atoms with Crippen LogP contribution in [0, 0.1) is 0 Å². The second kappa shape index (κ2) is 7.28. The summed E-state index contributed by atoms with van der Waals surface area (Å²) in [6.07, 6.45) is 1.25. The second-order valence-electron chi connectivity index (χ2n) is 3.95. The molecule has 2 heteroatoms. The SMILES string of the molecule is CCC.O=C(c1ccccc1)c1ccc(O)cc1. The molecule has 0 aromatic heterocycles. The first-order valence-electron chi connectivity index (χ1n) is 6.07. The smallest absolute Gasteiger partial charge is 0.193 e. The van der Waals surface area contributed by atoms with E-state index < -0.39 is 0 Å². The van der Waals surface area contributed by atoms with Crippen molar-refractivity contribution in [2.45, 2.75) is 20.3 Å². The Kier molecular flexibility index (Phi) is 5.65. The van der Waals surface area contributed by atoms with E-state index in [4.69, 9.17) is 5.11 Å². The van der Waals surface area contributed by atoms with Gasteiger partial charge < -0.3 is 5.11 Å². The summed E-state index contributed by atoms with van der Waals surface area (Å²) in [6.45, 7) is 4.25. The van der Waals surface area contributed by atoms with Gasteiger partial charge in [-0.25, -0.2) is 0 Å². The van der Waals surface area contributed by atoms with Gasteiger partial charge in [-0.05, 0) is 24.3 Å². The minimum absolute atomic E-state index is 0.0319. The molecule has 2 aromatic rings. The lowest BCUT2D eigenvalue weighted by atomic mass is 10.0. The Morgan fingerprint density at radius 3 is 1.83 bits per heavy atom. The average Bonchev–Trinajstić information content (AvgIpc) is 2.41. The molecule has 0 aliphatic carbocycles. The third-order valence-corrected chi connectivity index (χ3v) is 2.17. The lowest BCUT2D eigenvalue weighted by Gasteiger charge is -2.00. The minimum Gasteiger partial charge on any atom is -0.508 e. The van der Waals surface area contributed by atoms with Crippen LogP contribution in [-0.4, -0.2) is 10.9 Å². The number of benzene rings is 2. The van der Waals surface area contributed by atoms with Crippen LogP contribution in [0.4, 0.5) is 0 Å². The quantitative estimate of drug-likeness (QED) is 0.807. The third-order valence-electron chi connectivity index (χ3n) is 2.17. The van der Waals surface area contributed by atoms with Crippen LogP contribution in [0.25, 0.3) is 0 Å². The van der Waals surface area contributed by atoms with Gasteiger partial charge in [0.1, 0.15) is 5.75 Å². The normalized spacial score (nSPS) is 9.22. The fourth-order valence-electron chi connectivity index (χ4n) is 1.37. The predicted octanol–water partition coefficient (Wildman–Crippen LogP) is 4.04. The zero-order valence-corrected chi connectivity index (χ0v) is 10.8. The number of phenolic OH excluding ortho intramolecular Hbond substituents is 1. The Morgan fingerprint density at radius 1 is 0.889 bits per heavy atom. The van der Waals surface area contributed by atoms with Gasteiger partial charge in [0.2, 0.25) is 0 Å². The van der Waals surface area contributed by atoms with Crippen molar-refractivity contribution in [3.63, 3.8) is 0 Å². The Balaban J connectivity index is 0.000000492. The molecule has 0 saturated carbocycles. The van der Waals surface area contributed by atoms with Gasteiger partial charge in [-0.1, -0.05) is 50.6 Å². The molecule has 0 aliphatic rings. The van der Waals surface area contributed by atoms with E-state index in [9.17, 15) is 4.79 Å². The maximum atomic E-state index is 11.9. The average molecular weight is 242 g/mol. The zero-order chi connectivity index (χ0) is 13.4. The van der Waals surface area contributed by atoms with E-state index in [1.165, 1.54) is 18.6 Å². The number of rotatable bonds is 2. The monoisotopic (exact) mass is 242 g/mol. The van der Waals surface area contributed by atoms with Crippen LogP contribution in [0.2, 0.25) is 0 Å². The van der Waals surface area contributed by atoms with Crippen LogP contribution in [0.1, 0.15) is 36.2 Å². The second-order valence-corrected chi connectivity index (χ2v) is 3.95. The van der Waals surface area contributed by atoms with Crippen molar-refractivity contribution < 1.29 is 9.90 Å². The Bertz CT molecular complexity index is 472. The van der Waals surface area contributed by atoms with Gasteiger partial charge in [0.15, 0.2) is 5.78 Å². The Labute approximate surface area is 108 Å². The molecule has 0 radical (unpaired) electrons. The van der Waals surface area contributed by atoms with Crippen LogP contribution < -0.4 is 0 Å². The molecule has 0 fully saturated rings. The maximum Gasteiger partial charge on any atom is 0.193 e. The van der Waals surface area contributed by atoms with Gasteiger partial charge in [0, 0.05) is 11.1 Å². The summed E-state index contributed by atoms with van der Waals surface area (Å²) in [5.74, 6) is 0.134. The number of aromatic hydroxyl groups is 1. The summed E-state index contributed by atoms with van der Waals surface area (Å²) in [4.78, 5) is 11.9. The predicted molar refractivity (Wildman–Crippen MR) is 73.9 cm³/mol. The summed E-state index contributed by atoms with van der Waals surface area (Å²) < 4.78 is 0. The van der Waals surface area contributed by atoms with Crippen molar-refractivity contribution in [3.05, 3.63) is 65.7 Å². The summed E-state index contributed by atoms with van der Waals surface area (Å²) in [5, 5.41) is 9.10. The molecule has 0 aliphatic heterocycles. The molecular weight excluding hydrogens is 224 g/mol. The van der Waals surface area contributed by atoms with E-state index in [1.807, 2.05) is 18.2 Å². The van der Waals surface area contributed by atoms with Gasteiger partial charge in [-0.3, -0.25) is 4.79 Å². The fourth-order valence-corrected chi connectivity index (χ4v) is 1.37. The lowest BCUT2D eigenvalue weighted by Crippen LogP contribution is -1.99. The number of hydrogen-bond donors (Lipinski definition) is 1. The number of carbonyl (C=O) groups is 1. The molecule has 18 heavy (non-hydrogen) atoms. The molecule has 94 valence electrons. The highest BCUT2D eigenvalue weighted by Gasteiger charge is 2.07. The van der Waals surface area contributed by atoms with E-state index in [-0.39, 0.29) is 11.5 Å². The van der Waals surface area contributed by atoms with Crippen molar-refractivity contribution in [1.82, 2.24) is 0 Å². The maximum absolute atomic E-state index is 11.9. The summed E-state index contributed by atoms with van der Waals surface area (Å²) >= 11 is 0. The first-order chi connectivity index (χ1) is 8.69. The number of carbonyl (C=O) groups excluding carboxylic acids is 1. The van der Waals surface area contributed by atoms with Gasteiger partial charge in [0.05, 0.1) is 0 Å². The van der Waals surface area contributed by atoms with Crippen molar-refractivity contribution >= 4 is 5.78 Å². The minimum atomic E-state index is -0.0319. The molecule has 2 aromatic carbocycles. The lowest BCUT2D eigenvalue weighted by molar-refractivity contribution is 0.103. The third kappa shape index (κ3) is 4.06. The van der Waals surface area contributed by atoms with Crippen LogP contribution >= 0.6 is 0 Å².